The van der Waals surface area contributed by atoms with Gasteiger partial charge in [0.15, 0.2) is 0 Å². The standard InChI is InChI=1S/C17H27NO3/c1-7-20-16(19)17(6,18-12(2)3)11-21-15-9-8-13(4)10-14(15)5/h8-10,12,18H,7,11H2,1-6H3. The second kappa shape index (κ2) is 7.46. The minimum Gasteiger partial charge on any atom is -0.491 e. The van der Waals surface area contributed by atoms with E-state index in [0.29, 0.717) is 6.61 Å². The van der Waals surface area contributed by atoms with Gasteiger partial charge in [-0.2, -0.15) is 0 Å². The molecule has 4 nitrogen and oxygen atoms in total. The molecule has 0 amide bonds. The summed E-state index contributed by atoms with van der Waals surface area (Å²) in [4.78, 5) is 12.2. The maximum absolute atomic E-state index is 12.2. The van der Waals surface area contributed by atoms with Gasteiger partial charge in [0.2, 0.25) is 0 Å². The predicted molar refractivity (Wildman–Crippen MR) is 84.7 cm³/mol. The third-order valence-corrected chi connectivity index (χ3v) is 3.18. The number of benzene rings is 1. The first-order valence-corrected chi connectivity index (χ1v) is 7.43. The van der Waals surface area contributed by atoms with Gasteiger partial charge in [0, 0.05) is 6.04 Å². The van der Waals surface area contributed by atoms with Crippen LogP contribution >= 0.6 is 0 Å². The van der Waals surface area contributed by atoms with Gasteiger partial charge >= 0.3 is 5.97 Å². The Bertz CT molecular complexity index is 485. The van der Waals surface area contributed by atoms with Gasteiger partial charge in [-0.25, -0.2) is 4.79 Å². The molecule has 4 heteroatoms. The molecule has 0 aliphatic carbocycles. The summed E-state index contributed by atoms with van der Waals surface area (Å²) < 4.78 is 11.0. The van der Waals surface area contributed by atoms with E-state index < -0.39 is 5.54 Å². The molecule has 118 valence electrons. The summed E-state index contributed by atoms with van der Waals surface area (Å²) in [5.74, 6) is 0.505. The number of aryl methyl sites for hydroxylation is 2. The average molecular weight is 293 g/mol. The van der Waals surface area contributed by atoms with Crippen molar-refractivity contribution in [1.82, 2.24) is 5.32 Å². The summed E-state index contributed by atoms with van der Waals surface area (Å²) in [5, 5.41) is 3.24. The van der Waals surface area contributed by atoms with Crippen LogP contribution in [0.1, 0.15) is 38.8 Å². The van der Waals surface area contributed by atoms with E-state index in [1.807, 2.05) is 46.8 Å². The molecule has 0 aliphatic rings. The molecule has 0 aliphatic heterocycles. The van der Waals surface area contributed by atoms with Gasteiger partial charge in [-0.1, -0.05) is 17.7 Å². The molecule has 21 heavy (non-hydrogen) atoms. The topological polar surface area (TPSA) is 47.6 Å². The van der Waals surface area contributed by atoms with Crippen molar-refractivity contribution < 1.29 is 14.3 Å². The smallest absolute Gasteiger partial charge is 0.329 e. The normalized spacial score (nSPS) is 13.9. The van der Waals surface area contributed by atoms with Gasteiger partial charge in [0.25, 0.3) is 0 Å². The highest BCUT2D eigenvalue weighted by molar-refractivity contribution is 5.80. The Hall–Kier alpha value is -1.55. The Labute approximate surface area is 127 Å². The van der Waals surface area contributed by atoms with Gasteiger partial charge in [-0.15, -0.1) is 0 Å². The quantitative estimate of drug-likeness (QED) is 0.785. The fourth-order valence-corrected chi connectivity index (χ4v) is 2.27. The first kappa shape index (κ1) is 17.5. The van der Waals surface area contributed by atoms with Crippen LogP contribution in [0, 0.1) is 13.8 Å². The molecule has 0 spiro atoms. The molecule has 1 unspecified atom stereocenters. The zero-order valence-corrected chi connectivity index (χ0v) is 13.9. The summed E-state index contributed by atoms with van der Waals surface area (Å²) in [6.45, 7) is 12.2. The summed E-state index contributed by atoms with van der Waals surface area (Å²) >= 11 is 0. The fourth-order valence-electron chi connectivity index (χ4n) is 2.27. The van der Waals surface area contributed by atoms with Crippen molar-refractivity contribution in [2.75, 3.05) is 13.2 Å². The second-order valence-electron chi connectivity index (χ2n) is 5.91. The van der Waals surface area contributed by atoms with Crippen LogP contribution < -0.4 is 10.1 Å². The molecule has 0 saturated carbocycles. The molecule has 0 aromatic heterocycles. The molecule has 0 heterocycles. The van der Waals surface area contributed by atoms with Crippen LogP contribution in [0.5, 0.6) is 5.75 Å². The molecule has 0 bridgehead atoms. The lowest BCUT2D eigenvalue weighted by molar-refractivity contribution is -0.152. The monoisotopic (exact) mass is 293 g/mol. The first-order valence-electron chi connectivity index (χ1n) is 7.43. The average Bonchev–Trinajstić information content (AvgIpc) is 2.37. The van der Waals surface area contributed by atoms with Gasteiger partial charge in [0.05, 0.1) is 6.61 Å². The number of hydrogen-bond donors (Lipinski definition) is 1. The molecule has 1 atom stereocenters. The SMILES string of the molecule is CCOC(=O)C(C)(COc1ccc(C)cc1C)NC(C)C. The lowest BCUT2D eigenvalue weighted by Gasteiger charge is -2.30. The third-order valence-electron chi connectivity index (χ3n) is 3.18. The van der Waals surface area contributed by atoms with Crippen LogP contribution in [0.25, 0.3) is 0 Å². The fraction of sp³-hybridized carbons (Fsp3) is 0.588. The predicted octanol–water partition coefficient (Wildman–Crippen LogP) is 3.00. The summed E-state index contributed by atoms with van der Waals surface area (Å²) in [6.07, 6.45) is 0. The van der Waals surface area contributed by atoms with Crippen molar-refractivity contribution in [3.05, 3.63) is 29.3 Å². The Morgan fingerprint density at radius 1 is 1.33 bits per heavy atom. The van der Waals surface area contributed by atoms with E-state index in [-0.39, 0.29) is 18.6 Å². The van der Waals surface area contributed by atoms with Crippen molar-refractivity contribution in [2.24, 2.45) is 0 Å². The molecule has 1 aromatic rings. The number of nitrogens with one attached hydrogen (secondary N) is 1. The van der Waals surface area contributed by atoms with E-state index in [4.69, 9.17) is 9.47 Å². The molecule has 0 saturated heterocycles. The van der Waals surface area contributed by atoms with Crippen LogP contribution in [0.15, 0.2) is 18.2 Å². The van der Waals surface area contributed by atoms with E-state index in [1.165, 1.54) is 5.56 Å². The molecule has 0 radical (unpaired) electrons. The van der Waals surface area contributed by atoms with Crippen molar-refractivity contribution in [2.45, 2.75) is 53.1 Å². The Kier molecular flexibility index (Phi) is 6.21. The van der Waals surface area contributed by atoms with Crippen LogP contribution in [0.2, 0.25) is 0 Å². The maximum atomic E-state index is 12.2. The summed E-state index contributed by atoms with van der Waals surface area (Å²) in [5.41, 5.74) is 1.39. The van der Waals surface area contributed by atoms with Gasteiger partial charge in [0.1, 0.15) is 17.9 Å². The number of carbonyl (C=O) groups excluding carboxylic acids is 1. The zero-order chi connectivity index (χ0) is 16.0. The highest BCUT2D eigenvalue weighted by Gasteiger charge is 2.36. The van der Waals surface area contributed by atoms with Crippen LogP contribution in [0.4, 0.5) is 0 Å². The van der Waals surface area contributed by atoms with Crippen LogP contribution in [-0.2, 0) is 9.53 Å². The van der Waals surface area contributed by atoms with Gasteiger partial charge in [-0.3, -0.25) is 5.32 Å². The summed E-state index contributed by atoms with van der Waals surface area (Å²) in [6, 6.07) is 6.15. The van der Waals surface area contributed by atoms with Crippen LogP contribution in [-0.4, -0.2) is 30.8 Å². The van der Waals surface area contributed by atoms with E-state index in [9.17, 15) is 4.79 Å². The Morgan fingerprint density at radius 2 is 2.00 bits per heavy atom. The highest BCUT2D eigenvalue weighted by atomic mass is 16.5. The number of esters is 1. The third kappa shape index (κ3) is 5.05. The maximum Gasteiger partial charge on any atom is 0.329 e. The molecular weight excluding hydrogens is 266 g/mol. The lowest BCUT2D eigenvalue weighted by Crippen LogP contribution is -2.57. The lowest BCUT2D eigenvalue weighted by atomic mass is 10.0. The first-order chi connectivity index (χ1) is 9.78. The number of hydrogen-bond acceptors (Lipinski definition) is 4. The van der Waals surface area contributed by atoms with Crippen molar-refractivity contribution in [3.63, 3.8) is 0 Å². The van der Waals surface area contributed by atoms with E-state index >= 15 is 0 Å². The van der Waals surface area contributed by atoms with E-state index in [0.717, 1.165) is 11.3 Å². The zero-order valence-electron chi connectivity index (χ0n) is 13.9. The minimum absolute atomic E-state index is 0.155. The second-order valence-corrected chi connectivity index (χ2v) is 5.91. The number of carbonyl (C=O) groups is 1. The highest BCUT2D eigenvalue weighted by Crippen LogP contribution is 2.20. The largest absolute Gasteiger partial charge is 0.491 e. The van der Waals surface area contributed by atoms with Crippen LogP contribution in [0.3, 0.4) is 0 Å². The summed E-state index contributed by atoms with van der Waals surface area (Å²) in [7, 11) is 0. The Balaban J connectivity index is 2.83. The van der Waals surface area contributed by atoms with Crippen molar-refractivity contribution >= 4 is 5.97 Å². The number of ether oxygens (including phenoxy) is 2. The van der Waals surface area contributed by atoms with Crippen molar-refractivity contribution in [3.8, 4) is 5.75 Å². The van der Waals surface area contributed by atoms with Crippen molar-refractivity contribution in [1.29, 1.82) is 0 Å². The Morgan fingerprint density at radius 3 is 2.52 bits per heavy atom. The van der Waals surface area contributed by atoms with Gasteiger partial charge < -0.3 is 9.47 Å². The number of rotatable bonds is 7. The molecule has 1 rings (SSSR count). The van der Waals surface area contributed by atoms with E-state index in [2.05, 4.69) is 11.4 Å². The van der Waals surface area contributed by atoms with E-state index in [1.54, 1.807) is 6.92 Å². The molecule has 0 fully saturated rings. The minimum atomic E-state index is -0.860. The molecule has 1 aromatic carbocycles. The van der Waals surface area contributed by atoms with Gasteiger partial charge in [-0.05, 0) is 53.2 Å². The molecule has 1 N–H and O–H groups in total. The molecular formula is C17H27NO3.